The molecule has 2 amide bonds. The van der Waals surface area contributed by atoms with Crippen LogP contribution in [0.4, 0.5) is 15.9 Å². The number of nitrogens with one attached hydrogen (secondary N) is 3. The van der Waals surface area contributed by atoms with E-state index in [2.05, 4.69) is 25.9 Å². The smallest absolute Gasteiger partial charge is 0.246 e. The molecule has 1 aliphatic rings. The third-order valence-corrected chi connectivity index (χ3v) is 9.31. The summed E-state index contributed by atoms with van der Waals surface area (Å²) in [6.07, 6.45) is 2.63. The molecule has 3 aromatic carbocycles. The number of aromatic nitrogens is 2. The van der Waals surface area contributed by atoms with Crippen LogP contribution in [0.5, 0.6) is 11.5 Å². The lowest BCUT2D eigenvalue weighted by Crippen LogP contribution is -2.58. The number of likely N-dealkylation sites (N-methyl/N-ethyl adjacent to an activating group) is 1. The van der Waals surface area contributed by atoms with Crippen molar-refractivity contribution in [3.63, 3.8) is 0 Å². The number of benzene rings is 3. The summed E-state index contributed by atoms with van der Waals surface area (Å²) in [5.41, 5.74) is 1.95. The molecule has 3 N–H and O–H groups in total. The second kappa shape index (κ2) is 16.0. The maximum Gasteiger partial charge on any atom is 0.246 e. The van der Waals surface area contributed by atoms with Crippen molar-refractivity contribution < 1.29 is 28.2 Å². The largest absolute Gasteiger partial charge is 0.496 e. The fraction of sp³-hybridized carbons (Fsp3) is 0.395. The third kappa shape index (κ3) is 8.92. The van der Waals surface area contributed by atoms with Gasteiger partial charge in [0, 0.05) is 35.7 Å². The van der Waals surface area contributed by atoms with Crippen molar-refractivity contribution in [3.8, 4) is 11.5 Å². The van der Waals surface area contributed by atoms with Crippen LogP contribution >= 0.6 is 11.6 Å². The summed E-state index contributed by atoms with van der Waals surface area (Å²) in [4.78, 5) is 51.2. The van der Waals surface area contributed by atoms with E-state index in [-0.39, 0.29) is 36.4 Å². The number of carbonyl (C=O) groups is 3. The minimum absolute atomic E-state index is 0.00834. The second-order valence-electron chi connectivity index (χ2n) is 13.7. The number of methoxy groups -OCH3 is 1. The Morgan fingerprint density at radius 3 is 2.55 bits per heavy atom. The van der Waals surface area contributed by atoms with E-state index >= 15 is 0 Å². The number of carbonyl (C=O) groups excluding carboxylic acids is 3. The van der Waals surface area contributed by atoms with Crippen molar-refractivity contribution >= 4 is 51.6 Å². The van der Waals surface area contributed by atoms with Crippen molar-refractivity contribution in [1.29, 1.82) is 0 Å². The minimum atomic E-state index is -0.808. The first-order valence-corrected chi connectivity index (χ1v) is 17.2. The molecular weight excluding hydrogens is 675 g/mol. The van der Waals surface area contributed by atoms with Gasteiger partial charge in [0.05, 0.1) is 29.7 Å². The van der Waals surface area contributed by atoms with E-state index in [0.29, 0.717) is 69.4 Å². The van der Waals surface area contributed by atoms with Crippen molar-refractivity contribution in [2.45, 2.75) is 71.7 Å². The van der Waals surface area contributed by atoms with Gasteiger partial charge in [0.15, 0.2) is 5.78 Å². The molecule has 5 rings (SSSR count). The van der Waals surface area contributed by atoms with Crippen molar-refractivity contribution in [2.24, 2.45) is 5.41 Å². The number of hydrogen-bond donors (Lipinski definition) is 3. The standard InChI is InChI=1S/C38H44ClFN6O5/c1-22(41-5)36(48)45-34(38(2,3)4)37(49)46-14-8-11-30(46)31(47)17-24-16-27-29(19-33(24)50-6)42-21-43-35(27)44-26-12-13-32(28(39)18-26)51-20-23-9-7-10-25(40)15-23/h7,9-10,12-13,15-16,18-19,21-22,30,34,41H,8,11,14,17,20H2,1-6H3,(H,45,48)(H,42,43,44)/t22-,30-,34+/m0/s1. The number of halogens is 2. The first kappa shape index (κ1) is 37.4. The SMILES string of the molecule is CN[C@@H](C)C(=O)N[C@H](C(=O)N1CCC[C@H]1C(=O)Cc1cc2c(Nc3ccc(OCc4cccc(F)c4)c(Cl)c3)ncnc2cc1OC)C(C)(C)C. The van der Waals surface area contributed by atoms with Crippen LogP contribution in [0.15, 0.2) is 60.9 Å². The maximum atomic E-state index is 13.9. The van der Waals surface area contributed by atoms with E-state index in [1.807, 2.05) is 26.8 Å². The number of hydrogen-bond acceptors (Lipinski definition) is 9. The van der Waals surface area contributed by atoms with Gasteiger partial charge < -0.3 is 30.3 Å². The summed E-state index contributed by atoms with van der Waals surface area (Å²) in [5, 5.41) is 10.1. The number of nitrogens with zero attached hydrogens (tertiary/aromatic N) is 3. The Morgan fingerprint density at radius 1 is 1.08 bits per heavy atom. The van der Waals surface area contributed by atoms with Gasteiger partial charge in [0.1, 0.15) is 42.1 Å². The predicted octanol–water partition coefficient (Wildman–Crippen LogP) is 5.99. The van der Waals surface area contributed by atoms with Crippen LogP contribution in [0, 0.1) is 11.2 Å². The molecule has 1 fully saturated rings. The number of anilines is 2. The summed E-state index contributed by atoms with van der Waals surface area (Å²) in [6, 6.07) is 13.0. The van der Waals surface area contributed by atoms with E-state index in [9.17, 15) is 18.8 Å². The van der Waals surface area contributed by atoms with E-state index in [0.717, 1.165) is 0 Å². The van der Waals surface area contributed by atoms with Gasteiger partial charge in [-0.1, -0.05) is 44.5 Å². The quantitative estimate of drug-likeness (QED) is 0.152. The zero-order chi connectivity index (χ0) is 36.9. The molecule has 0 unspecified atom stereocenters. The zero-order valence-corrected chi connectivity index (χ0v) is 30.4. The normalized spacial score (nSPS) is 15.7. The first-order valence-electron chi connectivity index (χ1n) is 16.8. The second-order valence-corrected chi connectivity index (χ2v) is 14.2. The van der Waals surface area contributed by atoms with Crippen LogP contribution in [0.2, 0.25) is 5.02 Å². The highest BCUT2D eigenvalue weighted by Crippen LogP contribution is 2.34. The van der Waals surface area contributed by atoms with Crippen LogP contribution in [0.25, 0.3) is 10.9 Å². The van der Waals surface area contributed by atoms with Crippen LogP contribution < -0.4 is 25.4 Å². The van der Waals surface area contributed by atoms with Gasteiger partial charge in [0.2, 0.25) is 11.8 Å². The highest BCUT2D eigenvalue weighted by Gasteiger charge is 2.42. The van der Waals surface area contributed by atoms with E-state index < -0.39 is 23.5 Å². The molecule has 4 aromatic rings. The Kier molecular flexibility index (Phi) is 11.8. The summed E-state index contributed by atoms with van der Waals surface area (Å²) < 4.78 is 25.1. The van der Waals surface area contributed by atoms with Gasteiger partial charge in [-0.15, -0.1) is 0 Å². The fourth-order valence-corrected chi connectivity index (χ4v) is 6.30. The molecule has 1 aromatic heterocycles. The van der Waals surface area contributed by atoms with E-state index in [4.69, 9.17) is 21.1 Å². The first-order chi connectivity index (χ1) is 24.3. The lowest BCUT2D eigenvalue weighted by molar-refractivity contribution is -0.143. The molecule has 51 heavy (non-hydrogen) atoms. The predicted molar refractivity (Wildman–Crippen MR) is 195 cm³/mol. The molecule has 0 spiro atoms. The molecule has 3 atom stereocenters. The van der Waals surface area contributed by atoms with Gasteiger partial charge in [-0.25, -0.2) is 14.4 Å². The third-order valence-electron chi connectivity index (χ3n) is 9.01. The number of fused-ring (bicyclic) bond motifs is 1. The molecule has 0 aliphatic carbocycles. The minimum Gasteiger partial charge on any atom is -0.496 e. The lowest BCUT2D eigenvalue weighted by atomic mass is 9.85. The summed E-state index contributed by atoms with van der Waals surface area (Å²) in [7, 11) is 3.21. The monoisotopic (exact) mass is 718 g/mol. The molecular formula is C38H44ClFN6O5. The number of amides is 2. The average molecular weight is 719 g/mol. The van der Waals surface area contributed by atoms with Crippen LogP contribution in [0.3, 0.4) is 0 Å². The summed E-state index contributed by atoms with van der Waals surface area (Å²) in [5.74, 6) is 0.377. The lowest BCUT2D eigenvalue weighted by Gasteiger charge is -2.36. The van der Waals surface area contributed by atoms with Gasteiger partial charge >= 0.3 is 0 Å². The molecule has 13 heteroatoms. The van der Waals surface area contributed by atoms with Crippen LogP contribution in [-0.4, -0.2) is 71.3 Å². The molecule has 0 saturated carbocycles. The highest BCUT2D eigenvalue weighted by atomic mass is 35.5. The van der Waals surface area contributed by atoms with Gasteiger partial charge in [-0.3, -0.25) is 14.4 Å². The van der Waals surface area contributed by atoms with Crippen molar-refractivity contribution in [2.75, 3.05) is 26.0 Å². The van der Waals surface area contributed by atoms with Gasteiger partial charge in [-0.2, -0.15) is 0 Å². The summed E-state index contributed by atoms with van der Waals surface area (Å²) >= 11 is 6.54. The molecule has 2 heterocycles. The maximum absolute atomic E-state index is 13.9. The van der Waals surface area contributed by atoms with Crippen LogP contribution in [-0.2, 0) is 27.4 Å². The molecule has 0 bridgehead atoms. The Bertz CT molecular complexity index is 1920. The Balaban J connectivity index is 1.35. The van der Waals surface area contributed by atoms with E-state index in [1.165, 1.54) is 25.6 Å². The molecule has 1 aliphatic heterocycles. The number of rotatable bonds is 13. The topological polar surface area (TPSA) is 135 Å². The van der Waals surface area contributed by atoms with Crippen molar-refractivity contribution in [1.82, 2.24) is 25.5 Å². The zero-order valence-electron chi connectivity index (χ0n) is 29.7. The Morgan fingerprint density at radius 2 is 1.86 bits per heavy atom. The van der Waals surface area contributed by atoms with Gasteiger partial charge in [0.25, 0.3) is 0 Å². The Labute approximate surface area is 302 Å². The number of Topliss-reactive ketones (excluding diaryl/α,β-unsaturated/α-hetero) is 1. The Hall–Kier alpha value is -4.81. The molecule has 0 radical (unpaired) electrons. The number of ketones is 1. The molecule has 1 saturated heterocycles. The van der Waals surface area contributed by atoms with Gasteiger partial charge in [-0.05, 0) is 74.2 Å². The number of likely N-dealkylation sites (tertiary alicyclic amines) is 1. The van der Waals surface area contributed by atoms with E-state index in [1.54, 1.807) is 55.3 Å². The summed E-state index contributed by atoms with van der Waals surface area (Å²) in [6.45, 7) is 7.99. The van der Waals surface area contributed by atoms with Crippen LogP contribution in [0.1, 0.15) is 51.7 Å². The molecule has 270 valence electrons. The fourth-order valence-electron chi connectivity index (χ4n) is 6.06. The average Bonchev–Trinajstić information content (AvgIpc) is 3.59. The van der Waals surface area contributed by atoms with Crippen molar-refractivity contribution in [3.05, 3.63) is 82.9 Å². The molecule has 11 nitrogen and oxygen atoms in total. The number of ether oxygens (including phenoxy) is 2. The highest BCUT2D eigenvalue weighted by molar-refractivity contribution is 6.32.